The molecule has 0 amide bonds. The molecule has 2 rings (SSSR count). The molecule has 4 nitrogen and oxygen atoms in total. The number of hydrogen-bond donors (Lipinski definition) is 3. The minimum atomic E-state index is -0.587. The maximum absolute atomic E-state index is 9.56. The third kappa shape index (κ3) is 1.25. The van der Waals surface area contributed by atoms with Crippen molar-refractivity contribution in [3.05, 3.63) is 0 Å². The summed E-state index contributed by atoms with van der Waals surface area (Å²) in [6.07, 6.45) is 0.644. The van der Waals surface area contributed by atoms with Crippen molar-refractivity contribution in [2.75, 3.05) is 13.1 Å². The number of nitrogens with zero attached hydrogens (tertiary/aromatic N) is 1. The molecule has 70 valence electrons. The van der Waals surface area contributed by atoms with E-state index in [1.54, 1.807) is 0 Å². The molecule has 0 aromatic heterocycles. The van der Waals surface area contributed by atoms with Gasteiger partial charge in [0.25, 0.3) is 0 Å². The van der Waals surface area contributed by atoms with Crippen molar-refractivity contribution < 1.29 is 10.2 Å². The van der Waals surface area contributed by atoms with Gasteiger partial charge in [-0.2, -0.15) is 0 Å². The molecule has 4 heteroatoms. The van der Waals surface area contributed by atoms with Crippen LogP contribution in [0.5, 0.6) is 0 Å². The molecule has 0 spiro atoms. The lowest BCUT2D eigenvalue weighted by Gasteiger charge is -2.33. The van der Waals surface area contributed by atoms with Gasteiger partial charge in [-0.25, -0.2) is 0 Å². The highest BCUT2D eigenvalue weighted by atomic mass is 16.3. The highest BCUT2D eigenvalue weighted by Crippen LogP contribution is 2.26. The zero-order chi connectivity index (χ0) is 8.72. The Morgan fingerprint density at radius 1 is 1.33 bits per heavy atom. The van der Waals surface area contributed by atoms with Crippen molar-refractivity contribution >= 4 is 0 Å². The quantitative estimate of drug-likeness (QED) is 0.416. The second kappa shape index (κ2) is 2.96. The van der Waals surface area contributed by atoms with E-state index in [2.05, 4.69) is 4.90 Å². The minimum absolute atomic E-state index is 0.101. The molecule has 2 saturated heterocycles. The first-order chi connectivity index (χ1) is 5.68. The second-order valence-corrected chi connectivity index (χ2v) is 3.90. The summed E-state index contributed by atoms with van der Waals surface area (Å²) in [5, 5.41) is 18.9. The molecular weight excluding hydrogens is 156 g/mol. The smallest absolute Gasteiger partial charge is 0.0967 e. The van der Waals surface area contributed by atoms with E-state index in [4.69, 9.17) is 5.73 Å². The van der Waals surface area contributed by atoms with E-state index in [9.17, 15) is 10.2 Å². The Morgan fingerprint density at radius 2 is 2.08 bits per heavy atom. The Balaban J connectivity index is 2.05. The maximum Gasteiger partial charge on any atom is 0.0967 e. The lowest BCUT2D eigenvalue weighted by atomic mass is 9.96. The first kappa shape index (κ1) is 8.44. The Kier molecular flexibility index (Phi) is 2.08. The van der Waals surface area contributed by atoms with Crippen LogP contribution in [0.1, 0.15) is 12.8 Å². The molecule has 2 fully saturated rings. The first-order valence-corrected chi connectivity index (χ1v) is 4.54. The van der Waals surface area contributed by atoms with E-state index >= 15 is 0 Å². The zero-order valence-electron chi connectivity index (χ0n) is 7.06. The normalized spacial score (nSPS) is 49.2. The molecule has 4 atom stereocenters. The van der Waals surface area contributed by atoms with Crippen LogP contribution >= 0.6 is 0 Å². The van der Waals surface area contributed by atoms with Crippen molar-refractivity contribution in [2.45, 2.75) is 37.1 Å². The number of aliphatic hydroxyl groups is 2. The van der Waals surface area contributed by atoms with Crippen LogP contribution in [0.15, 0.2) is 0 Å². The minimum Gasteiger partial charge on any atom is -0.389 e. The summed E-state index contributed by atoms with van der Waals surface area (Å²) in [4.78, 5) is 2.14. The Morgan fingerprint density at radius 3 is 2.83 bits per heavy atom. The molecule has 0 aliphatic carbocycles. The van der Waals surface area contributed by atoms with Gasteiger partial charge in [0.05, 0.1) is 12.2 Å². The van der Waals surface area contributed by atoms with E-state index in [1.165, 1.54) is 0 Å². The summed E-state index contributed by atoms with van der Waals surface area (Å²) in [5.41, 5.74) is 5.78. The van der Waals surface area contributed by atoms with Gasteiger partial charge < -0.3 is 15.9 Å². The molecular formula is C8H16N2O2. The molecule has 0 bridgehead atoms. The Bertz CT molecular complexity index is 176. The summed E-state index contributed by atoms with van der Waals surface area (Å²) in [5.74, 6) is 0. The fourth-order valence-corrected chi connectivity index (χ4v) is 2.26. The summed E-state index contributed by atoms with van der Waals surface area (Å²) < 4.78 is 0. The lowest BCUT2D eigenvalue weighted by molar-refractivity contribution is 0.0297. The van der Waals surface area contributed by atoms with Crippen molar-refractivity contribution in [1.29, 1.82) is 0 Å². The average molecular weight is 172 g/mol. The van der Waals surface area contributed by atoms with Crippen LogP contribution in [-0.4, -0.2) is 52.5 Å². The number of hydrogen-bond acceptors (Lipinski definition) is 4. The number of piperidine rings is 1. The van der Waals surface area contributed by atoms with Gasteiger partial charge in [0.2, 0.25) is 0 Å². The van der Waals surface area contributed by atoms with Gasteiger partial charge in [-0.1, -0.05) is 0 Å². The molecule has 2 aliphatic rings. The van der Waals surface area contributed by atoms with E-state index in [-0.39, 0.29) is 12.1 Å². The van der Waals surface area contributed by atoms with Crippen LogP contribution in [0.2, 0.25) is 0 Å². The zero-order valence-corrected chi connectivity index (χ0v) is 7.06. The van der Waals surface area contributed by atoms with Crippen molar-refractivity contribution in [1.82, 2.24) is 4.90 Å². The standard InChI is InChI=1S/C8H16N2O2/c9-5-1-2-10-4-7(11)8(12)6(10)3-5/h5-8,11-12H,1-4,9H2/t5-,6-,7-,8-/m1/s1. The molecule has 0 saturated carbocycles. The summed E-state index contributed by atoms with van der Waals surface area (Å²) in [6.45, 7) is 1.53. The predicted molar refractivity (Wildman–Crippen MR) is 44.6 cm³/mol. The van der Waals surface area contributed by atoms with Gasteiger partial charge in [-0.3, -0.25) is 4.90 Å². The van der Waals surface area contributed by atoms with Gasteiger partial charge >= 0.3 is 0 Å². The van der Waals surface area contributed by atoms with Crippen LogP contribution in [0.25, 0.3) is 0 Å². The highest BCUT2D eigenvalue weighted by Gasteiger charge is 2.42. The number of rotatable bonds is 0. The summed E-state index contributed by atoms with van der Waals surface area (Å²) in [7, 11) is 0. The van der Waals surface area contributed by atoms with Crippen LogP contribution < -0.4 is 5.73 Å². The van der Waals surface area contributed by atoms with Crippen LogP contribution in [0.3, 0.4) is 0 Å². The lowest BCUT2D eigenvalue weighted by Crippen LogP contribution is -2.46. The third-order valence-corrected chi connectivity index (χ3v) is 3.01. The molecule has 2 aliphatic heterocycles. The third-order valence-electron chi connectivity index (χ3n) is 3.01. The van der Waals surface area contributed by atoms with E-state index in [0.717, 1.165) is 19.4 Å². The van der Waals surface area contributed by atoms with Crippen molar-refractivity contribution in [3.8, 4) is 0 Å². The monoisotopic (exact) mass is 172 g/mol. The van der Waals surface area contributed by atoms with Gasteiger partial charge in [-0.05, 0) is 12.8 Å². The number of fused-ring (bicyclic) bond motifs is 1. The number of aliphatic hydroxyl groups excluding tert-OH is 2. The van der Waals surface area contributed by atoms with Crippen LogP contribution in [0, 0.1) is 0 Å². The van der Waals surface area contributed by atoms with Gasteiger partial charge in [0.15, 0.2) is 0 Å². The van der Waals surface area contributed by atoms with Gasteiger partial charge in [-0.15, -0.1) is 0 Å². The molecule has 2 heterocycles. The molecule has 4 N–H and O–H groups in total. The van der Waals surface area contributed by atoms with Gasteiger partial charge in [0, 0.05) is 25.2 Å². The predicted octanol–water partition coefficient (Wildman–Crippen LogP) is -1.49. The molecule has 0 aromatic carbocycles. The highest BCUT2D eigenvalue weighted by molar-refractivity contribution is 4.97. The maximum atomic E-state index is 9.56. The number of nitrogens with two attached hydrogens (primary N) is 1. The molecule has 0 unspecified atom stereocenters. The fourth-order valence-electron chi connectivity index (χ4n) is 2.26. The van der Waals surface area contributed by atoms with Crippen LogP contribution in [-0.2, 0) is 0 Å². The average Bonchev–Trinajstić information content (AvgIpc) is 2.31. The molecule has 0 aromatic rings. The van der Waals surface area contributed by atoms with Gasteiger partial charge in [0.1, 0.15) is 0 Å². The summed E-state index contributed by atoms with van der Waals surface area (Å²) in [6, 6.07) is 0.301. The SMILES string of the molecule is N[C@@H]1CCN2C[C@@H](O)[C@H](O)[C@H]2C1. The van der Waals surface area contributed by atoms with Crippen molar-refractivity contribution in [3.63, 3.8) is 0 Å². The molecule has 12 heavy (non-hydrogen) atoms. The molecule has 0 radical (unpaired) electrons. The van der Waals surface area contributed by atoms with E-state index in [1.807, 2.05) is 0 Å². The van der Waals surface area contributed by atoms with E-state index in [0.29, 0.717) is 6.54 Å². The van der Waals surface area contributed by atoms with Crippen molar-refractivity contribution in [2.24, 2.45) is 5.73 Å². The summed E-state index contributed by atoms with van der Waals surface area (Å²) >= 11 is 0. The van der Waals surface area contributed by atoms with Crippen LogP contribution in [0.4, 0.5) is 0 Å². The topological polar surface area (TPSA) is 69.7 Å². The van der Waals surface area contributed by atoms with E-state index < -0.39 is 12.2 Å². The fraction of sp³-hybridized carbons (Fsp3) is 1.00. The first-order valence-electron chi connectivity index (χ1n) is 4.54. The Labute approximate surface area is 72.0 Å². The largest absolute Gasteiger partial charge is 0.389 e. The Hall–Kier alpha value is -0.160. The second-order valence-electron chi connectivity index (χ2n) is 3.90.